The van der Waals surface area contributed by atoms with E-state index in [0.29, 0.717) is 6.04 Å². The van der Waals surface area contributed by atoms with Gasteiger partial charge in [-0.25, -0.2) is 4.98 Å². The van der Waals surface area contributed by atoms with E-state index in [1.54, 1.807) is 11.3 Å². The number of anilines is 1. The van der Waals surface area contributed by atoms with E-state index in [2.05, 4.69) is 10.3 Å². The van der Waals surface area contributed by atoms with Gasteiger partial charge < -0.3 is 11.1 Å². The number of hydrogen-bond acceptors (Lipinski definition) is 4. The van der Waals surface area contributed by atoms with Crippen LogP contribution in [0.1, 0.15) is 29.8 Å². The van der Waals surface area contributed by atoms with Crippen molar-refractivity contribution in [2.75, 3.05) is 5.73 Å². The summed E-state index contributed by atoms with van der Waals surface area (Å²) in [5.41, 5.74) is 6.96. The molecule has 1 unspecified atom stereocenters. The van der Waals surface area contributed by atoms with Gasteiger partial charge in [0.05, 0.1) is 5.69 Å². The maximum atomic E-state index is 5.70. The average molecular weight is 209 g/mol. The van der Waals surface area contributed by atoms with Crippen LogP contribution in [0, 0.1) is 0 Å². The summed E-state index contributed by atoms with van der Waals surface area (Å²) in [6.45, 7) is 0. The molecule has 1 saturated carbocycles. The molecule has 14 heavy (non-hydrogen) atoms. The van der Waals surface area contributed by atoms with Gasteiger partial charge in [-0.3, -0.25) is 0 Å². The summed E-state index contributed by atoms with van der Waals surface area (Å²) in [5, 5.41) is 4.42. The lowest BCUT2D eigenvalue weighted by Crippen LogP contribution is -2.35. The van der Waals surface area contributed by atoms with Crippen molar-refractivity contribution in [1.29, 1.82) is 0 Å². The van der Waals surface area contributed by atoms with E-state index >= 15 is 0 Å². The van der Waals surface area contributed by atoms with Gasteiger partial charge in [0.25, 0.3) is 0 Å². The van der Waals surface area contributed by atoms with E-state index < -0.39 is 0 Å². The Bertz CT molecular complexity index is 343. The van der Waals surface area contributed by atoms with E-state index in [1.165, 1.54) is 29.8 Å². The van der Waals surface area contributed by atoms with E-state index in [0.717, 1.165) is 24.0 Å². The van der Waals surface area contributed by atoms with Gasteiger partial charge in [-0.1, -0.05) is 0 Å². The minimum absolute atomic E-state index is 0.676. The molecule has 4 heteroatoms. The molecule has 1 fully saturated rings. The number of nitrogens with one attached hydrogen (secondary N) is 1. The highest BCUT2D eigenvalue weighted by Gasteiger charge is 2.28. The van der Waals surface area contributed by atoms with Crippen LogP contribution in [-0.2, 0) is 12.8 Å². The Morgan fingerprint density at radius 3 is 2.93 bits per heavy atom. The molecule has 3 nitrogen and oxygen atoms in total. The summed E-state index contributed by atoms with van der Waals surface area (Å²) in [7, 11) is 0. The number of nitrogens with zero attached hydrogens (tertiary/aromatic N) is 1. The van der Waals surface area contributed by atoms with E-state index in [-0.39, 0.29) is 0 Å². The van der Waals surface area contributed by atoms with E-state index in [9.17, 15) is 0 Å². The van der Waals surface area contributed by atoms with Crippen LogP contribution in [0.5, 0.6) is 0 Å². The SMILES string of the molecule is Nc1nc2c(s1)CC(NC1CC1)CC2. The summed E-state index contributed by atoms with van der Waals surface area (Å²) in [6.07, 6.45) is 6.21. The number of nitrogen functional groups attached to an aromatic ring is 1. The second-order valence-corrected chi connectivity index (χ2v) is 5.42. The fourth-order valence-electron chi connectivity index (χ4n) is 2.12. The first kappa shape index (κ1) is 8.68. The molecule has 0 amide bonds. The van der Waals surface area contributed by atoms with Crippen molar-refractivity contribution in [2.45, 2.75) is 44.2 Å². The monoisotopic (exact) mass is 209 g/mol. The van der Waals surface area contributed by atoms with Gasteiger partial charge in [-0.2, -0.15) is 0 Å². The molecule has 0 aromatic carbocycles. The zero-order chi connectivity index (χ0) is 9.54. The lowest BCUT2D eigenvalue weighted by Gasteiger charge is -2.22. The van der Waals surface area contributed by atoms with Crippen LogP contribution in [0.15, 0.2) is 0 Å². The first-order valence-corrected chi connectivity index (χ1v) is 6.13. The van der Waals surface area contributed by atoms with Crippen LogP contribution in [-0.4, -0.2) is 17.1 Å². The van der Waals surface area contributed by atoms with Crippen LogP contribution in [0.4, 0.5) is 5.13 Å². The number of aryl methyl sites for hydroxylation is 1. The van der Waals surface area contributed by atoms with Gasteiger partial charge >= 0.3 is 0 Å². The highest BCUT2D eigenvalue weighted by molar-refractivity contribution is 7.15. The minimum Gasteiger partial charge on any atom is -0.375 e. The first-order valence-electron chi connectivity index (χ1n) is 5.31. The lowest BCUT2D eigenvalue weighted by atomic mass is 9.98. The highest BCUT2D eigenvalue weighted by Crippen LogP contribution is 2.29. The number of thiazole rings is 1. The Morgan fingerprint density at radius 2 is 2.14 bits per heavy atom. The zero-order valence-electron chi connectivity index (χ0n) is 8.12. The van der Waals surface area contributed by atoms with Crippen LogP contribution in [0.25, 0.3) is 0 Å². The summed E-state index contributed by atoms with van der Waals surface area (Å²) < 4.78 is 0. The second-order valence-electron chi connectivity index (χ2n) is 4.30. The largest absolute Gasteiger partial charge is 0.375 e. The minimum atomic E-state index is 0.676. The molecular weight excluding hydrogens is 194 g/mol. The Balaban J connectivity index is 1.71. The van der Waals surface area contributed by atoms with Crippen molar-refractivity contribution in [3.05, 3.63) is 10.6 Å². The second kappa shape index (κ2) is 3.21. The topological polar surface area (TPSA) is 50.9 Å². The van der Waals surface area contributed by atoms with E-state index in [1.807, 2.05) is 0 Å². The third kappa shape index (κ3) is 1.64. The molecule has 1 atom stereocenters. The molecule has 3 rings (SSSR count). The molecule has 1 aromatic heterocycles. The number of aromatic nitrogens is 1. The predicted molar refractivity (Wildman–Crippen MR) is 58.5 cm³/mol. The maximum Gasteiger partial charge on any atom is 0.180 e. The molecule has 1 heterocycles. The lowest BCUT2D eigenvalue weighted by molar-refractivity contribution is 0.456. The van der Waals surface area contributed by atoms with Crippen molar-refractivity contribution >= 4 is 16.5 Å². The fourth-order valence-corrected chi connectivity index (χ4v) is 3.08. The van der Waals surface area contributed by atoms with Crippen molar-refractivity contribution in [3.63, 3.8) is 0 Å². The van der Waals surface area contributed by atoms with Gasteiger partial charge in [0, 0.05) is 17.0 Å². The number of fused-ring (bicyclic) bond motifs is 1. The number of rotatable bonds is 2. The molecule has 0 aliphatic heterocycles. The van der Waals surface area contributed by atoms with Crippen LogP contribution >= 0.6 is 11.3 Å². The van der Waals surface area contributed by atoms with Crippen molar-refractivity contribution in [1.82, 2.24) is 10.3 Å². The molecule has 0 bridgehead atoms. The molecule has 1 aromatic rings. The molecule has 0 spiro atoms. The molecule has 3 N–H and O–H groups in total. The normalized spacial score (nSPS) is 26.1. The summed E-state index contributed by atoms with van der Waals surface area (Å²) in [6, 6.07) is 1.49. The van der Waals surface area contributed by atoms with Crippen molar-refractivity contribution < 1.29 is 0 Å². The van der Waals surface area contributed by atoms with Crippen molar-refractivity contribution in [2.24, 2.45) is 0 Å². The third-order valence-electron chi connectivity index (χ3n) is 3.00. The molecule has 76 valence electrons. The Hall–Kier alpha value is -0.610. The first-order chi connectivity index (χ1) is 6.81. The standard InChI is InChI=1S/C10H15N3S/c11-10-13-8-4-3-7(5-9(8)14-10)12-6-1-2-6/h6-7,12H,1-5H2,(H2,11,13). The number of hydrogen-bond donors (Lipinski definition) is 2. The van der Waals surface area contributed by atoms with Crippen LogP contribution in [0.3, 0.4) is 0 Å². The Morgan fingerprint density at radius 1 is 1.29 bits per heavy atom. The average Bonchev–Trinajstić information content (AvgIpc) is 2.86. The quantitative estimate of drug-likeness (QED) is 0.772. The number of nitrogens with two attached hydrogens (primary N) is 1. The zero-order valence-corrected chi connectivity index (χ0v) is 8.94. The predicted octanol–water partition coefficient (Wildman–Crippen LogP) is 1.33. The smallest absolute Gasteiger partial charge is 0.180 e. The summed E-state index contributed by atoms with van der Waals surface area (Å²) >= 11 is 1.67. The molecule has 0 saturated heterocycles. The van der Waals surface area contributed by atoms with Gasteiger partial charge in [-0.05, 0) is 32.1 Å². The summed E-state index contributed by atoms with van der Waals surface area (Å²) in [5.74, 6) is 0. The van der Waals surface area contributed by atoms with Crippen molar-refractivity contribution in [3.8, 4) is 0 Å². The van der Waals surface area contributed by atoms with Gasteiger partial charge in [0.1, 0.15) is 0 Å². The maximum absolute atomic E-state index is 5.70. The molecule has 2 aliphatic rings. The van der Waals surface area contributed by atoms with Gasteiger partial charge in [0.15, 0.2) is 5.13 Å². The van der Waals surface area contributed by atoms with E-state index in [4.69, 9.17) is 5.73 Å². The molecule has 0 radical (unpaired) electrons. The van der Waals surface area contributed by atoms with Gasteiger partial charge in [0.2, 0.25) is 0 Å². The Kier molecular flexibility index (Phi) is 1.99. The summed E-state index contributed by atoms with van der Waals surface area (Å²) in [4.78, 5) is 5.76. The highest BCUT2D eigenvalue weighted by atomic mass is 32.1. The molecular formula is C10H15N3S. The fraction of sp³-hybridized carbons (Fsp3) is 0.700. The van der Waals surface area contributed by atoms with Crippen LogP contribution < -0.4 is 11.1 Å². The Labute approximate surface area is 87.7 Å². The van der Waals surface area contributed by atoms with Crippen LogP contribution in [0.2, 0.25) is 0 Å². The van der Waals surface area contributed by atoms with Gasteiger partial charge in [-0.15, -0.1) is 11.3 Å². The third-order valence-corrected chi connectivity index (χ3v) is 3.95. The molecule has 2 aliphatic carbocycles.